The Balaban J connectivity index is 1.25. The molecule has 6 heteroatoms. The number of rotatable bonds is 5. The number of benzene rings is 3. The lowest BCUT2D eigenvalue weighted by molar-refractivity contribution is 0.0243. The second kappa shape index (κ2) is 10.0. The first kappa shape index (κ1) is 23.7. The van der Waals surface area contributed by atoms with E-state index < -0.39 is 0 Å². The molecule has 0 radical (unpaired) electrons. The number of para-hydroxylation sites is 2. The standard InChI is InChI=1S/C31H35N5O/c1-23-9-8-16-31(22-23,36-19-17-35(18-20-36)26-12-3-2-4-13-26)24-10-7-11-25(21-24)32-30(37)29-27-14-5-6-15-28(27)33-34-29/h2-7,10-15,21,23H,8-9,16-20,22H2,1H3,(H,32,37)(H,33,34)/t23-,31+/m1/s1. The lowest BCUT2D eigenvalue weighted by atomic mass is 9.71. The fourth-order valence-corrected chi connectivity index (χ4v) is 6.50. The quantitative estimate of drug-likeness (QED) is 0.356. The average molecular weight is 494 g/mol. The van der Waals surface area contributed by atoms with Gasteiger partial charge in [0.25, 0.3) is 5.91 Å². The molecule has 1 aliphatic heterocycles. The van der Waals surface area contributed by atoms with E-state index in [1.165, 1.54) is 24.1 Å². The minimum Gasteiger partial charge on any atom is -0.369 e. The lowest BCUT2D eigenvalue weighted by Crippen LogP contribution is -2.57. The number of nitrogens with one attached hydrogen (secondary N) is 2. The average Bonchev–Trinajstić information content (AvgIpc) is 3.38. The summed E-state index contributed by atoms with van der Waals surface area (Å²) in [5, 5.41) is 11.2. The maximum atomic E-state index is 13.2. The van der Waals surface area contributed by atoms with Crippen molar-refractivity contribution in [3.63, 3.8) is 0 Å². The van der Waals surface area contributed by atoms with E-state index in [1.807, 2.05) is 30.3 Å². The second-order valence-electron chi connectivity index (χ2n) is 10.7. The Morgan fingerprint density at radius 3 is 2.57 bits per heavy atom. The van der Waals surface area contributed by atoms with Crippen LogP contribution < -0.4 is 10.2 Å². The SMILES string of the molecule is C[C@@H]1CCC[C@](c2cccc(NC(=O)c3n[nH]c4ccccc34)c2)(N2CCN(c3ccccc3)CC2)C1. The van der Waals surface area contributed by atoms with Crippen LogP contribution >= 0.6 is 0 Å². The van der Waals surface area contributed by atoms with Crippen LogP contribution in [0.3, 0.4) is 0 Å². The summed E-state index contributed by atoms with van der Waals surface area (Å²) in [6.07, 6.45) is 4.83. The summed E-state index contributed by atoms with van der Waals surface area (Å²) >= 11 is 0. The highest BCUT2D eigenvalue weighted by atomic mass is 16.1. The molecule has 0 spiro atoms. The fourth-order valence-electron chi connectivity index (χ4n) is 6.50. The number of aromatic nitrogens is 2. The van der Waals surface area contributed by atoms with Gasteiger partial charge in [0.05, 0.1) is 5.52 Å². The van der Waals surface area contributed by atoms with Crippen molar-refractivity contribution in [1.29, 1.82) is 0 Å². The maximum Gasteiger partial charge on any atom is 0.276 e. The molecule has 2 heterocycles. The lowest BCUT2D eigenvalue weighted by Gasteiger charge is -2.52. The van der Waals surface area contributed by atoms with Gasteiger partial charge in [-0.25, -0.2) is 0 Å². The highest BCUT2D eigenvalue weighted by molar-refractivity contribution is 6.11. The number of anilines is 2. The summed E-state index contributed by atoms with van der Waals surface area (Å²) in [4.78, 5) is 18.4. The van der Waals surface area contributed by atoms with E-state index in [1.54, 1.807) is 0 Å². The molecule has 190 valence electrons. The molecule has 4 aromatic rings. The van der Waals surface area contributed by atoms with Crippen molar-refractivity contribution in [2.45, 2.75) is 38.1 Å². The Labute approximate surface area is 218 Å². The number of hydrogen-bond donors (Lipinski definition) is 2. The highest BCUT2D eigenvalue weighted by Gasteiger charge is 2.42. The van der Waals surface area contributed by atoms with Crippen LogP contribution in [0.1, 0.15) is 48.7 Å². The van der Waals surface area contributed by atoms with Crippen LogP contribution in [0.25, 0.3) is 10.9 Å². The molecule has 1 aliphatic carbocycles. The molecule has 2 atom stereocenters. The third-order valence-corrected chi connectivity index (χ3v) is 8.32. The molecule has 3 aromatic carbocycles. The summed E-state index contributed by atoms with van der Waals surface area (Å²) in [5.41, 5.74) is 4.75. The van der Waals surface area contributed by atoms with Gasteiger partial charge < -0.3 is 10.2 Å². The number of hydrogen-bond acceptors (Lipinski definition) is 4. The van der Waals surface area contributed by atoms with Crippen LogP contribution in [0.15, 0.2) is 78.9 Å². The van der Waals surface area contributed by atoms with Crippen molar-refractivity contribution < 1.29 is 4.79 Å². The highest BCUT2D eigenvalue weighted by Crippen LogP contribution is 2.45. The first-order chi connectivity index (χ1) is 18.1. The zero-order valence-corrected chi connectivity index (χ0v) is 21.5. The van der Waals surface area contributed by atoms with E-state index in [4.69, 9.17) is 0 Å². The Morgan fingerprint density at radius 1 is 0.973 bits per heavy atom. The van der Waals surface area contributed by atoms with Crippen LogP contribution in [-0.4, -0.2) is 47.2 Å². The molecular formula is C31H35N5O. The first-order valence-corrected chi connectivity index (χ1v) is 13.5. The topological polar surface area (TPSA) is 64.3 Å². The molecule has 2 N–H and O–H groups in total. The van der Waals surface area contributed by atoms with Crippen LogP contribution in [0.2, 0.25) is 0 Å². The molecule has 1 amide bonds. The summed E-state index contributed by atoms with van der Waals surface area (Å²) in [5.74, 6) is 0.492. The number of piperazine rings is 1. The van der Waals surface area contributed by atoms with E-state index in [2.05, 4.69) is 80.8 Å². The predicted octanol–water partition coefficient (Wildman–Crippen LogP) is 6.04. The molecular weight excluding hydrogens is 458 g/mol. The second-order valence-corrected chi connectivity index (χ2v) is 10.7. The van der Waals surface area contributed by atoms with Gasteiger partial charge in [0.15, 0.2) is 5.69 Å². The Bertz CT molecular complexity index is 1370. The molecule has 1 saturated heterocycles. The molecule has 6 rings (SSSR count). The van der Waals surface area contributed by atoms with Gasteiger partial charge in [-0.05, 0) is 54.7 Å². The van der Waals surface area contributed by atoms with Crippen molar-refractivity contribution in [2.75, 3.05) is 36.4 Å². The van der Waals surface area contributed by atoms with Crippen molar-refractivity contribution in [3.05, 3.63) is 90.1 Å². The van der Waals surface area contributed by atoms with Crippen molar-refractivity contribution in [1.82, 2.24) is 15.1 Å². The van der Waals surface area contributed by atoms with E-state index >= 15 is 0 Å². The Hall–Kier alpha value is -3.64. The zero-order valence-electron chi connectivity index (χ0n) is 21.5. The number of H-pyrrole nitrogens is 1. The van der Waals surface area contributed by atoms with Gasteiger partial charge in [-0.1, -0.05) is 68.3 Å². The van der Waals surface area contributed by atoms with Gasteiger partial charge in [0, 0.05) is 48.5 Å². The number of carbonyl (C=O) groups is 1. The number of carbonyl (C=O) groups excluding carboxylic acids is 1. The third-order valence-electron chi connectivity index (χ3n) is 8.32. The molecule has 2 fully saturated rings. The summed E-state index contributed by atoms with van der Waals surface area (Å²) in [7, 11) is 0. The molecule has 37 heavy (non-hydrogen) atoms. The summed E-state index contributed by atoms with van der Waals surface area (Å²) < 4.78 is 0. The fraction of sp³-hybridized carbons (Fsp3) is 0.355. The molecule has 6 nitrogen and oxygen atoms in total. The number of fused-ring (bicyclic) bond motifs is 1. The van der Waals surface area contributed by atoms with E-state index in [0.717, 1.165) is 55.6 Å². The van der Waals surface area contributed by atoms with Crippen LogP contribution in [0.4, 0.5) is 11.4 Å². The Morgan fingerprint density at radius 2 is 1.76 bits per heavy atom. The number of amides is 1. The molecule has 2 aliphatic rings. The minimum absolute atomic E-state index is 0.000212. The van der Waals surface area contributed by atoms with Crippen molar-refractivity contribution in [3.8, 4) is 0 Å². The van der Waals surface area contributed by atoms with Gasteiger partial charge >= 0.3 is 0 Å². The van der Waals surface area contributed by atoms with Crippen molar-refractivity contribution >= 4 is 28.2 Å². The summed E-state index contributed by atoms with van der Waals surface area (Å²) in [6.45, 7) is 6.53. The minimum atomic E-state index is -0.183. The molecule has 0 bridgehead atoms. The first-order valence-electron chi connectivity index (χ1n) is 13.5. The molecule has 1 aromatic heterocycles. The van der Waals surface area contributed by atoms with Crippen LogP contribution in [-0.2, 0) is 5.54 Å². The van der Waals surface area contributed by atoms with Gasteiger partial charge in [-0.2, -0.15) is 5.10 Å². The van der Waals surface area contributed by atoms with Crippen LogP contribution in [0, 0.1) is 5.92 Å². The van der Waals surface area contributed by atoms with Crippen molar-refractivity contribution in [2.24, 2.45) is 5.92 Å². The number of nitrogens with zero attached hydrogens (tertiary/aromatic N) is 3. The Kier molecular flexibility index (Phi) is 6.43. The largest absolute Gasteiger partial charge is 0.369 e. The number of aromatic amines is 1. The van der Waals surface area contributed by atoms with Gasteiger partial charge in [0.2, 0.25) is 0 Å². The van der Waals surface area contributed by atoms with E-state index in [0.29, 0.717) is 11.6 Å². The summed E-state index contributed by atoms with van der Waals surface area (Å²) in [6, 6.07) is 27.0. The molecule has 1 saturated carbocycles. The van der Waals surface area contributed by atoms with Gasteiger partial charge in [-0.15, -0.1) is 0 Å². The maximum absolute atomic E-state index is 13.2. The predicted molar refractivity (Wildman–Crippen MR) is 150 cm³/mol. The van der Waals surface area contributed by atoms with E-state index in [-0.39, 0.29) is 11.4 Å². The van der Waals surface area contributed by atoms with Gasteiger partial charge in [0.1, 0.15) is 0 Å². The van der Waals surface area contributed by atoms with E-state index in [9.17, 15) is 4.79 Å². The van der Waals surface area contributed by atoms with Crippen LogP contribution in [0.5, 0.6) is 0 Å². The zero-order chi connectivity index (χ0) is 25.2. The monoisotopic (exact) mass is 493 g/mol. The smallest absolute Gasteiger partial charge is 0.276 e. The normalized spacial score (nSPS) is 22.7. The van der Waals surface area contributed by atoms with Gasteiger partial charge in [-0.3, -0.25) is 14.8 Å². The third kappa shape index (κ3) is 4.62. The molecule has 0 unspecified atom stereocenters.